The molecule has 178 valence electrons. The van der Waals surface area contributed by atoms with Gasteiger partial charge in [0.25, 0.3) is 11.8 Å². The number of aryl methyl sites for hydroxylation is 1. The van der Waals surface area contributed by atoms with E-state index in [4.69, 9.17) is 4.74 Å². The van der Waals surface area contributed by atoms with E-state index in [1.165, 1.54) is 18.2 Å². The molecule has 0 fully saturated rings. The molecule has 1 aromatic heterocycles. The van der Waals surface area contributed by atoms with Crippen molar-refractivity contribution in [2.75, 3.05) is 13.2 Å². The Bertz CT molecular complexity index is 1140. The Morgan fingerprint density at radius 1 is 1.12 bits per heavy atom. The van der Waals surface area contributed by atoms with Gasteiger partial charge in [0.15, 0.2) is 5.69 Å². The molecule has 7 nitrogen and oxygen atoms in total. The molecule has 1 N–H and O–H groups in total. The number of aromatic nitrogens is 2. The molecule has 8 heteroatoms. The van der Waals surface area contributed by atoms with Crippen molar-refractivity contribution in [2.24, 2.45) is 0 Å². The molecule has 0 saturated heterocycles. The van der Waals surface area contributed by atoms with Crippen molar-refractivity contribution < 1.29 is 18.7 Å². The van der Waals surface area contributed by atoms with Crippen molar-refractivity contribution in [1.82, 2.24) is 20.0 Å². The minimum Gasteiger partial charge on any atom is -0.494 e. The van der Waals surface area contributed by atoms with Crippen molar-refractivity contribution in [1.29, 1.82) is 0 Å². The Labute approximate surface area is 198 Å². The highest BCUT2D eigenvalue weighted by molar-refractivity contribution is 5.98. The van der Waals surface area contributed by atoms with Gasteiger partial charge in [0.05, 0.1) is 6.61 Å². The zero-order chi connectivity index (χ0) is 23.9. The lowest BCUT2D eigenvalue weighted by molar-refractivity contribution is 0.0745. The van der Waals surface area contributed by atoms with E-state index in [1.54, 1.807) is 21.7 Å². The van der Waals surface area contributed by atoms with Crippen LogP contribution < -0.4 is 10.1 Å². The maximum atomic E-state index is 13.5. The van der Waals surface area contributed by atoms with Crippen LogP contribution in [0.2, 0.25) is 0 Å². The number of carbonyl (C=O) groups excluding carboxylic acids is 2. The van der Waals surface area contributed by atoms with E-state index in [9.17, 15) is 14.0 Å². The number of hydrogen-bond acceptors (Lipinski definition) is 4. The number of nitrogens with zero attached hydrogens (tertiary/aromatic N) is 3. The quantitative estimate of drug-likeness (QED) is 0.482. The molecule has 0 radical (unpaired) electrons. The van der Waals surface area contributed by atoms with Crippen molar-refractivity contribution in [2.45, 2.75) is 45.8 Å². The number of rotatable bonds is 9. The molecule has 2 aromatic carbocycles. The molecule has 0 aliphatic carbocycles. The number of hydrogen-bond donors (Lipinski definition) is 1. The van der Waals surface area contributed by atoms with Crippen LogP contribution in [0.25, 0.3) is 0 Å². The van der Waals surface area contributed by atoms with Crippen molar-refractivity contribution in [3.63, 3.8) is 0 Å². The lowest BCUT2D eigenvalue weighted by Crippen LogP contribution is -2.30. The maximum Gasteiger partial charge on any atom is 0.272 e. The van der Waals surface area contributed by atoms with Crippen LogP contribution in [0.1, 0.15) is 58.3 Å². The van der Waals surface area contributed by atoms with Gasteiger partial charge in [-0.25, -0.2) is 4.39 Å². The summed E-state index contributed by atoms with van der Waals surface area (Å²) in [6.45, 7) is 4.53. The second-order valence-corrected chi connectivity index (χ2v) is 8.38. The number of halogens is 1. The summed E-state index contributed by atoms with van der Waals surface area (Å²) in [5.41, 5.74) is 2.23. The average molecular weight is 465 g/mol. The highest BCUT2D eigenvalue weighted by atomic mass is 19.1. The smallest absolute Gasteiger partial charge is 0.272 e. The number of fused-ring (bicyclic) bond motifs is 1. The predicted molar refractivity (Wildman–Crippen MR) is 126 cm³/mol. The third kappa shape index (κ3) is 5.81. The van der Waals surface area contributed by atoms with Gasteiger partial charge in [-0.2, -0.15) is 5.10 Å². The standard InChI is InChI=1S/C26H29FN4O3/c1-2-3-14-34-22-10-8-19(9-11-22)17-28-25(32)23-16-24-26(33)30(12-5-13-31(24)29-23)18-20-6-4-7-21(27)15-20/h4,6-11,15-16H,2-3,5,12-14,17-18H2,1H3,(H,28,32). The van der Waals surface area contributed by atoms with Crippen molar-refractivity contribution >= 4 is 11.8 Å². The number of ether oxygens (including phenoxy) is 1. The Morgan fingerprint density at radius 2 is 1.94 bits per heavy atom. The first-order chi connectivity index (χ1) is 16.5. The molecule has 0 spiro atoms. The number of amides is 2. The van der Waals surface area contributed by atoms with Gasteiger partial charge in [-0.3, -0.25) is 14.3 Å². The fraction of sp³-hybridized carbons (Fsp3) is 0.346. The highest BCUT2D eigenvalue weighted by Crippen LogP contribution is 2.18. The Balaban J connectivity index is 1.37. The molecule has 2 amide bonds. The summed E-state index contributed by atoms with van der Waals surface area (Å²) in [7, 11) is 0. The molecule has 0 atom stereocenters. The van der Waals surface area contributed by atoms with Gasteiger partial charge in [-0.15, -0.1) is 0 Å². The normalized spacial score (nSPS) is 13.4. The molecule has 3 aromatic rings. The fourth-order valence-corrected chi connectivity index (χ4v) is 3.86. The first-order valence-corrected chi connectivity index (χ1v) is 11.6. The van der Waals surface area contributed by atoms with E-state index >= 15 is 0 Å². The van der Waals surface area contributed by atoms with E-state index in [1.807, 2.05) is 24.3 Å². The van der Waals surface area contributed by atoms with Crippen LogP contribution in [-0.2, 0) is 19.6 Å². The Hall–Kier alpha value is -3.68. The highest BCUT2D eigenvalue weighted by Gasteiger charge is 2.26. The van der Waals surface area contributed by atoms with E-state index < -0.39 is 0 Å². The van der Waals surface area contributed by atoms with E-state index in [0.717, 1.165) is 29.7 Å². The number of benzene rings is 2. The fourth-order valence-electron chi connectivity index (χ4n) is 3.86. The van der Waals surface area contributed by atoms with Crippen LogP contribution in [0.15, 0.2) is 54.6 Å². The van der Waals surface area contributed by atoms with Gasteiger partial charge in [0.1, 0.15) is 17.3 Å². The molecule has 1 aliphatic rings. The third-order valence-electron chi connectivity index (χ3n) is 5.72. The molecular weight excluding hydrogens is 435 g/mol. The van der Waals surface area contributed by atoms with Crippen LogP contribution in [0.5, 0.6) is 5.75 Å². The molecule has 0 unspecified atom stereocenters. The first kappa shape index (κ1) is 23.5. The monoisotopic (exact) mass is 464 g/mol. The molecule has 34 heavy (non-hydrogen) atoms. The number of nitrogens with one attached hydrogen (secondary N) is 1. The average Bonchev–Trinajstić information content (AvgIpc) is 3.21. The van der Waals surface area contributed by atoms with Gasteiger partial charge in [-0.05, 0) is 48.2 Å². The van der Waals surface area contributed by atoms with Crippen LogP contribution in [0.4, 0.5) is 4.39 Å². The summed E-state index contributed by atoms with van der Waals surface area (Å²) in [6.07, 6.45) is 2.79. The van der Waals surface area contributed by atoms with Gasteiger partial charge < -0.3 is 15.0 Å². The van der Waals surface area contributed by atoms with Gasteiger partial charge in [0, 0.05) is 32.2 Å². The minimum absolute atomic E-state index is 0.204. The molecule has 4 rings (SSSR count). The van der Waals surface area contributed by atoms with Crippen molar-refractivity contribution in [3.05, 3.63) is 82.9 Å². The lowest BCUT2D eigenvalue weighted by Gasteiger charge is -2.20. The lowest BCUT2D eigenvalue weighted by atomic mass is 10.2. The summed E-state index contributed by atoms with van der Waals surface area (Å²) < 4.78 is 20.8. The van der Waals surface area contributed by atoms with Gasteiger partial charge in [-0.1, -0.05) is 37.6 Å². The summed E-state index contributed by atoms with van der Waals surface area (Å²) in [4.78, 5) is 27.5. The zero-order valence-electron chi connectivity index (χ0n) is 19.3. The molecule has 2 heterocycles. The second-order valence-electron chi connectivity index (χ2n) is 8.38. The van der Waals surface area contributed by atoms with Crippen LogP contribution in [0.3, 0.4) is 0 Å². The zero-order valence-corrected chi connectivity index (χ0v) is 19.3. The first-order valence-electron chi connectivity index (χ1n) is 11.6. The number of unbranched alkanes of at least 4 members (excludes halogenated alkanes) is 1. The Morgan fingerprint density at radius 3 is 2.71 bits per heavy atom. The molecular formula is C26H29FN4O3. The SMILES string of the molecule is CCCCOc1ccc(CNC(=O)c2cc3n(n2)CCCN(Cc2cccc(F)c2)C3=O)cc1. The predicted octanol–water partition coefficient (Wildman–Crippen LogP) is 4.18. The largest absolute Gasteiger partial charge is 0.494 e. The second kappa shape index (κ2) is 11.0. The van der Waals surface area contributed by atoms with Gasteiger partial charge >= 0.3 is 0 Å². The minimum atomic E-state index is -0.340. The summed E-state index contributed by atoms with van der Waals surface area (Å²) in [5.74, 6) is -0.0783. The van der Waals surface area contributed by atoms with E-state index in [0.29, 0.717) is 44.9 Å². The van der Waals surface area contributed by atoms with Gasteiger partial charge in [0.2, 0.25) is 0 Å². The number of carbonyl (C=O) groups is 2. The summed E-state index contributed by atoms with van der Waals surface area (Å²) >= 11 is 0. The van der Waals surface area contributed by atoms with E-state index in [-0.39, 0.29) is 23.3 Å². The maximum absolute atomic E-state index is 13.5. The van der Waals surface area contributed by atoms with Crippen LogP contribution in [0, 0.1) is 5.82 Å². The van der Waals surface area contributed by atoms with Crippen LogP contribution in [-0.4, -0.2) is 39.6 Å². The van der Waals surface area contributed by atoms with E-state index in [2.05, 4.69) is 17.3 Å². The summed E-state index contributed by atoms with van der Waals surface area (Å²) in [6, 6.07) is 15.4. The Kier molecular flexibility index (Phi) is 7.57. The molecule has 1 aliphatic heterocycles. The molecule has 0 saturated carbocycles. The topological polar surface area (TPSA) is 76.5 Å². The van der Waals surface area contributed by atoms with Crippen molar-refractivity contribution in [3.8, 4) is 5.75 Å². The third-order valence-corrected chi connectivity index (χ3v) is 5.72. The van der Waals surface area contributed by atoms with Crippen LogP contribution >= 0.6 is 0 Å². The molecule has 0 bridgehead atoms. The summed E-state index contributed by atoms with van der Waals surface area (Å²) in [5, 5.41) is 7.22.